The minimum absolute atomic E-state index is 0.0157. The molecule has 1 spiro atoms. The second kappa shape index (κ2) is 6.18. The highest BCUT2D eigenvalue weighted by atomic mass is 16.5. The molecule has 0 saturated carbocycles. The molecule has 2 heterocycles. The number of para-hydroxylation sites is 1. The van der Waals surface area contributed by atoms with Gasteiger partial charge in [0, 0.05) is 17.7 Å². The molecule has 2 aliphatic heterocycles. The Morgan fingerprint density at radius 2 is 1.73 bits per heavy atom. The number of ether oxygens (including phenoxy) is 1. The molecule has 0 aromatic heterocycles. The number of Topliss-reactive ketones (excluding diaryl/α,β-unsaturated/α-hetero) is 1. The van der Waals surface area contributed by atoms with Gasteiger partial charge in [0.05, 0.1) is 25.0 Å². The lowest BCUT2D eigenvalue weighted by molar-refractivity contribution is -0.125. The predicted molar refractivity (Wildman–Crippen MR) is 100 cm³/mol. The van der Waals surface area contributed by atoms with Gasteiger partial charge in [-0.05, 0) is 35.9 Å². The van der Waals surface area contributed by atoms with Gasteiger partial charge in [-0.25, -0.2) is 0 Å². The van der Waals surface area contributed by atoms with Gasteiger partial charge in [-0.2, -0.15) is 10.2 Å². The third-order valence-corrected chi connectivity index (χ3v) is 4.69. The van der Waals surface area contributed by atoms with Crippen LogP contribution in [0.1, 0.15) is 24.0 Å². The summed E-state index contributed by atoms with van der Waals surface area (Å²) in [6.07, 6.45) is 0.610. The van der Waals surface area contributed by atoms with Crippen LogP contribution in [0.5, 0.6) is 5.75 Å². The van der Waals surface area contributed by atoms with Crippen molar-refractivity contribution in [2.45, 2.75) is 18.5 Å². The van der Waals surface area contributed by atoms with Crippen LogP contribution in [0.4, 0.5) is 5.69 Å². The van der Waals surface area contributed by atoms with Crippen molar-refractivity contribution in [2.75, 3.05) is 12.8 Å². The first-order valence-electron chi connectivity index (χ1n) is 8.31. The number of methoxy groups -OCH3 is 1. The number of ketones is 1. The molecule has 0 saturated heterocycles. The summed E-state index contributed by atoms with van der Waals surface area (Å²) in [4.78, 5) is 12.9. The molecule has 7 nitrogen and oxygen atoms in total. The Morgan fingerprint density at radius 1 is 1.04 bits per heavy atom. The van der Waals surface area contributed by atoms with Crippen LogP contribution in [0.2, 0.25) is 0 Å². The summed E-state index contributed by atoms with van der Waals surface area (Å²) in [5.74, 6) is 0.759. The molecule has 0 fully saturated rings. The van der Waals surface area contributed by atoms with Crippen LogP contribution < -0.4 is 21.3 Å². The summed E-state index contributed by atoms with van der Waals surface area (Å²) in [6.45, 7) is 0. The van der Waals surface area contributed by atoms with E-state index >= 15 is 0 Å². The Hall–Kier alpha value is -3.35. The maximum absolute atomic E-state index is 12.9. The standard InChI is InChI=1S/C19H19N5O2/c1-26-13-8-6-12(7-9-13)17-11-19(24-22-17)18(25)10-16(21-23-19)14-4-2-3-5-15(14)20/h2-9,23-24H,10-11,20H2,1H3. The van der Waals surface area contributed by atoms with Crippen LogP contribution in [0.15, 0.2) is 58.7 Å². The van der Waals surface area contributed by atoms with Crippen molar-refractivity contribution in [1.82, 2.24) is 10.9 Å². The molecule has 2 aromatic rings. The normalized spacial score (nSPS) is 21.7. The summed E-state index contributed by atoms with van der Waals surface area (Å²) in [7, 11) is 1.62. The van der Waals surface area contributed by atoms with Crippen molar-refractivity contribution in [3.63, 3.8) is 0 Å². The highest BCUT2D eigenvalue weighted by molar-refractivity contribution is 6.18. The number of hydrazone groups is 2. The molecular weight excluding hydrogens is 330 g/mol. The third kappa shape index (κ3) is 2.67. The zero-order valence-corrected chi connectivity index (χ0v) is 14.3. The Bertz CT molecular complexity index is 920. The van der Waals surface area contributed by atoms with Crippen LogP contribution in [0, 0.1) is 0 Å². The first-order valence-corrected chi connectivity index (χ1v) is 8.31. The Kier molecular flexibility index (Phi) is 3.84. The monoisotopic (exact) mass is 349 g/mol. The minimum atomic E-state index is -0.998. The molecule has 1 unspecified atom stereocenters. The number of hydrogen-bond acceptors (Lipinski definition) is 7. The van der Waals surface area contributed by atoms with Crippen molar-refractivity contribution >= 4 is 22.9 Å². The van der Waals surface area contributed by atoms with Crippen molar-refractivity contribution in [3.05, 3.63) is 59.7 Å². The Balaban J connectivity index is 1.54. The lowest BCUT2D eigenvalue weighted by Gasteiger charge is -2.31. The van der Waals surface area contributed by atoms with Gasteiger partial charge in [0.1, 0.15) is 5.75 Å². The van der Waals surface area contributed by atoms with E-state index in [0.717, 1.165) is 22.6 Å². The second-order valence-electron chi connectivity index (χ2n) is 6.34. The summed E-state index contributed by atoms with van der Waals surface area (Å²) in [5.41, 5.74) is 14.7. The van der Waals surface area contributed by atoms with Crippen LogP contribution in [0.25, 0.3) is 0 Å². The molecular formula is C19H19N5O2. The fraction of sp³-hybridized carbons (Fsp3) is 0.211. The molecule has 4 rings (SSSR count). The number of nitrogens with zero attached hydrogens (tertiary/aromatic N) is 2. The van der Waals surface area contributed by atoms with Gasteiger partial charge in [0.15, 0.2) is 5.78 Å². The largest absolute Gasteiger partial charge is 0.497 e. The van der Waals surface area contributed by atoms with E-state index in [4.69, 9.17) is 10.5 Å². The van der Waals surface area contributed by atoms with E-state index < -0.39 is 5.66 Å². The van der Waals surface area contributed by atoms with Gasteiger partial charge in [0.25, 0.3) is 0 Å². The second-order valence-corrected chi connectivity index (χ2v) is 6.34. The lowest BCUT2D eigenvalue weighted by Crippen LogP contribution is -2.60. The number of carbonyl (C=O) groups excluding carboxylic acids is 1. The van der Waals surface area contributed by atoms with Crippen LogP contribution in [-0.4, -0.2) is 30.0 Å². The minimum Gasteiger partial charge on any atom is -0.497 e. The first kappa shape index (κ1) is 16.1. The number of benzene rings is 2. The smallest absolute Gasteiger partial charge is 0.203 e. The molecule has 2 aliphatic rings. The summed E-state index contributed by atoms with van der Waals surface area (Å²) < 4.78 is 5.17. The molecule has 0 amide bonds. The molecule has 1 atom stereocenters. The van der Waals surface area contributed by atoms with E-state index in [1.54, 1.807) is 13.2 Å². The van der Waals surface area contributed by atoms with E-state index in [1.165, 1.54) is 0 Å². The average Bonchev–Trinajstić information content (AvgIpc) is 3.10. The number of rotatable bonds is 3. The number of nitrogen functional groups attached to an aromatic ring is 1. The van der Waals surface area contributed by atoms with E-state index in [2.05, 4.69) is 21.1 Å². The molecule has 132 valence electrons. The van der Waals surface area contributed by atoms with Crippen LogP contribution in [0.3, 0.4) is 0 Å². The number of nitrogens with two attached hydrogens (primary N) is 1. The topological polar surface area (TPSA) is 101 Å². The molecule has 4 N–H and O–H groups in total. The summed E-state index contributed by atoms with van der Waals surface area (Å²) in [6, 6.07) is 15.0. The third-order valence-electron chi connectivity index (χ3n) is 4.69. The fourth-order valence-corrected chi connectivity index (χ4v) is 3.15. The van der Waals surface area contributed by atoms with Gasteiger partial charge < -0.3 is 10.5 Å². The zero-order chi connectivity index (χ0) is 18.1. The van der Waals surface area contributed by atoms with E-state index in [-0.39, 0.29) is 12.2 Å². The summed E-state index contributed by atoms with van der Waals surface area (Å²) in [5, 5.41) is 8.76. The Labute approximate surface area is 150 Å². The number of hydrogen-bond donors (Lipinski definition) is 3. The van der Waals surface area contributed by atoms with Gasteiger partial charge in [-0.1, -0.05) is 18.2 Å². The quantitative estimate of drug-likeness (QED) is 0.731. The van der Waals surface area contributed by atoms with E-state index in [1.807, 2.05) is 42.5 Å². The maximum atomic E-state index is 12.9. The molecule has 26 heavy (non-hydrogen) atoms. The highest BCUT2D eigenvalue weighted by Gasteiger charge is 2.45. The summed E-state index contributed by atoms with van der Waals surface area (Å²) >= 11 is 0. The van der Waals surface area contributed by atoms with Gasteiger partial charge in [-0.3, -0.25) is 15.6 Å². The number of anilines is 1. The van der Waals surface area contributed by atoms with Crippen molar-refractivity contribution in [3.8, 4) is 5.75 Å². The SMILES string of the molecule is COc1ccc(C2=NNC3(C2)NN=C(c2ccccc2N)CC3=O)cc1. The van der Waals surface area contributed by atoms with E-state index in [0.29, 0.717) is 17.8 Å². The van der Waals surface area contributed by atoms with E-state index in [9.17, 15) is 4.79 Å². The molecule has 0 aliphatic carbocycles. The van der Waals surface area contributed by atoms with Gasteiger partial charge in [-0.15, -0.1) is 0 Å². The fourth-order valence-electron chi connectivity index (χ4n) is 3.15. The highest BCUT2D eigenvalue weighted by Crippen LogP contribution is 2.27. The van der Waals surface area contributed by atoms with Crippen molar-refractivity contribution in [1.29, 1.82) is 0 Å². The van der Waals surface area contributed by atoms with Gasteiger partial charge in [0.2, 0.25) is 5.66 Å². The molecule has 0 bridgehead atoms. The lowest BCUT2D eigenvalue weighted by atomic mass is 9.90. The van der Waals surface area contributed by atoms with Crippen LogP contribution in [-0.2, 0) is 4.79 Å². The maximum Gasteiger partial charge on any atom is 0.203 e. The number of carbonyl (C=O) groups is 1. The van der Waals surface area contributed by atoms with Crippen LogP contribution >= 0.6 is 0 Å². The number of nitrogens with one attached hydrogen (secondary N) is 2. The Morgan fingerprint density at radius 3 is 2.42 bits per heavy atom. The average molecular weight is 349 g/mol. The van der Waals surface area contributed by atoms with Crippen molar-refractivity contribution < 1.29 is 9.53 Å². The predicted octanol–water partition coefficient (Wildman–Crippen LogP) is 1.64. The van der Waals surface area contributed by atoms with Gasteiger partial charge >= 0.3 is 0 Å². The molecule has 7 heteroatoms. The van der Waals surface area contributed by atoms with Crippen molar-refractivity contribution in [2.24, 2.45) is 10.2 Å². The zero-order valence-electron chi connectivity index (χ0n) is 14.3. The molecule has 0 radical (unpaired) electrons. The first-order chi connectivity index (χ1) is 12.6. The molecule has 2 aromatic carbocycles.